The number of hydrogen-bond acceptors (Lipinski definition) is 5. The van der Waals surface area contributed by atoms with E-state index in [0.717, 1.165) is 39.1 Å². The fourth-order valence-corrected chi connectivity index (χ4v) is 3.77. The van der Waals surface area contributed by atoms with Crippen LogP contribution in [-0.4, -0.2) is 48.1 Å². The molecule has 1 amide bonds. The summed E-state index contributed by atoms with van der Waals surface area (Å²) in [5.41, 5.74) is 0.169. The van der Waals surface area contributed by atoms with Gasteiger partial charge in [0.25, 0.3) is 5.69 Å². The topological polar surface area (TPSA) is 84.7 Å². The van der Waals surface area contributed by atoms with Gasteiger partial charge < -0.3 is 10.1 Å². The van der Waals surface area contributed by atoms with Crippen LogP contribution in [0.25, 0.3) is 0 Å². The number of nitrogens with one attached hydrogen (secondary N) is 1. The molecule has 0 aliphatic carbocycles. The third kappa shape index (κ3) is 4.11. The Labute approximate surface area is 151 Å². The van der Waals surface area contributed by atoms with E-state index >= 15 is 0 Å². The Morgan fingerprint density at radius 3 is 2.92 bits per heavy atom. The molecule has 1 aromatic rings. The van der Waals surface area contributed by atoms with Crippen molar-refractivity contribution in [2.75, 3.05) is 31.6 Å². The number of likely N-dealkylation sites (tertiary alicyclic amines) is 1. The number of non-ortho nitro benzene ring substituents is 1. The van der Waals surface area contributed by atoms with E-state index in [2.05, 4.69) is 10.2 Å². The van der Waals surface area contributed by atoms with Crippen LogP contribution in [0.1, 0.15) is 19.8 Å². The predicted molar refractivity (Wildman–Crippen MR) is 94.8 cm³/mol. The monoisotopic (exact) mass is 367 g/mol. The summed E-state index contributed by atoms with van der Waals surface area (Å²) in [7, 11) is 0. The number of amides is 1. The normalized spacial score (nSPS) is 25.0. The van der Waals surface area contributed by atoms with Crippen molar-refractivity contribution in [3.63, 3.8) is 0 Å². The third-order valence-corrected chi connectivity index (χ3v) is 5.56. The molecule has 7 nitrogen and oxygen atoms in total. The van der Waals surface area contributed by atoms with Crippen molar-refractivity contribution < 1.29 is 14.5 Å². The molecule has 0 aromatic heterocycles. The fraction of sp³-hybridized carbons (Fsp3) is 0.588. The zero-order valence-electron chi connectivity index (χ0n) is 14.1. The first-order chi connectivity index (χ1) is 12.0. The Bertz CT molecular complexity index is 663. The third-order valence-electron chi connectivity index (χ3n) is 5.23. The molecule has 0 spiro atoms. The SMILES string of the molecule is CC(C(=O)Nc1cc([N+](=O)[O-])ccc1Cl)N1CCC(C2CCOC2)C1. The minimum absolute atomic E-state index is 0.102. The first-order valence-corrected chi connectivity index (χ1v) is 8.90. The van der Waals surface area contributed by atoms with E-state index in [-0.39, 0.29) is 28.3 Å². The first kappa shape index (κ1) is 18.1. The smallest absolute Gasteiger partial charge is 0.271 e. The molecule has 2 saturated heterocycles. The zero-order valence-corrected chi connectivity index (χ0v) is 14.9. The molecule has 1 aromatic carbocycles. The minimum Gasteiger partial charge on any atom is -0.381 e. The Morgan fingerprint density at radius 2 is 2.24 bits per heavy atom. The van der Waals surface area contributed by atoms with Gasteiger partial charge in [-0.2, -0.15) is 0 Å². The number of rotatable bonds is 5. The van der Waals surface area contributed by atoms with Crippen LogP contribution in [0.5, 0.6) is 0 Å². The van der Waals surface area contributed by atoms with E-state index in [1.807, 2.05) is 6.92 Å². The highest BCUT2D eigenvalue weighted by Gasteiger charge is 2.35. The van der Waals surface area contributed by atoms with Gasteiger partial charge in [0.15, 0.2) is 0 Å². The Morgan fingerprint density at radius 1 is 1.44 bits per heavy atom. The largest absolute Gasteiger partial charge is 0.381 e. The molecular formula is C17H22ClN3O4. The molecule has 2 aliphatic rings. The molecule has 8 heteroatoms. The Kier molecular flexibility index (Phi) is 5.56. The summed E-state index contributed by atoms with van der Waals surface area (Å²) in [6, 6.07) is 3.71. The lowest BCUT2D eigenvalue weighted by molar-refractivity contribution is -0.384. The number of nitro benzene ring substituents is 1. The number of carbonyl (C=O) groups is 1. The van der Waals surface area contributed by atoms with Gasteiger partial charge in [-0.25, -0.2) is 0 Å². The van der Waals surface area contributed by atoms with Gasteiger partial charge in [0.1, 0.15) is 0 Å². The average molecular weight is 368 g/mol. The van der Waals surface area contributed by atoms with Crippen molar-refractivity contribution in [3.05, 3.63) is 33.3 Å². The second-order valence-corrected chi connectivity index (χ2v) is 7.16. The maximum Gasteiger partial charge on any atom is 0.271 e. The molecule has 136 valence electrons. The van der Waals surface area contributed by atoms with Crippen LogP contribution in [-0.2, 0) is 9.53 Å². The lowest BCUT2D eigenvalue weighted by Crippen LogP contribution is -2.41. The van der Waals surface area contributed by atoms with Crippen LogP contribution < -0.4 is 5.32 Å². The number of halogens is 1. The van der Waals surface area contributed by atoms with Crippen molar-refractivity contribution >= 4 is 28.9 Å². The lowest BCUT2D eigenvalue weighted by Gasteiger charge is -2.24. The highest BCUT2D eigenvalue weighted by molar-refractivity contribution is 6.33. The van der Waals surface area contributed by atoms with Gasteiger partial charge >= 0.3 is 0 Å². The molecule has 3 atom stereocenters. The van der Waals surface area contributed by atoms with E-state index in [0.29, 0.717) is 11.8 Å². The molecule has 2 aliphatic heterocycles. The highest BCUT2D eigenvalue weighted by Crippen LogP contribution is 2.31. The average Bonchev–Trinajstić information content (AvgIpc) is 3.27. The van der Waals surface area contributed by atoms with E-state index < -0.39 is 4.92 Å². The molecule has 3 unspecified atom stereocenters. The molecule has 2 fully saturated rings. The van der Waals surface area contributed by atoms with Crippen molar-refractivity contribution in [1.82, 2.24) is 4.90 Å². The molecule has 1 N–H and O–H groups in total. The fourth-order valence-electron chi connectivity index (χ4n) is 3.60. The number of anilines is 1. The molecule has 3 rings (SSSR count). The van der Waals surface area contributed by atoms with Crippen molar-refractivity contribution in [3.8, 4) is 0 Å². The molecule has 0 saturated carbocycles. The number of carbonyl (C=O) groups excluding carboxylic acids is 1. The van der Waals surface area contributed by atoms with Gasteiger partial charge in [0, 0.05) is 31.9 Å². The van der Waals surface area contributed by atoms with Gasteiger partial charge in [-0.15, -0.1) is 0 Å². The van der Waals surface area contributed by atoms with Crippen LogP contribution in [0.3, 0.4) is 0 Å². The summed E-state index contributed by atoms with van der Waals surface area (Å²) in [6.07, 6.45) is 2.17. The number of ether oxygens (including phenoxy) is 1. The minimum atomic E-state index is -0.510. The van der Waals surface area contributed by atoms with Crippen molar-refractivity contribution in [1.29, 1.82) is 0 Å². The second kappa shape index (κ2) is 7.68. The maximum atomic E-state index is 12.6. The summed E-state index contributed by atoms with van der Waals surface area (Å²) in [4.78, 5) is 25.1. The van der Waals surface area contributed by atoms with Crippen molar-refractivity contribution in [2.24, 2.45) is 11.8 Å². The van der Waals surface area contributed by atoms with Gasteiger partial charge in [0.2, 0.25) is 5.91 Å². The van der Waals surface area contributed by atoms with Crippen LogP contribution in [0.2, 0.25) is 5.02 Å². The summed E-state index contributed by atoms with van der Waals surface area (Å²) >= 11 is 6.05. The Hall–Kier alpha value is -1.70. The van der Waals surface area contributed by atoms with Gasteiger partial charge in [-0.05, 0) is 44.2 Å². The van der Waals surface area contributed by atoms with Crippen LogP contribution in [0.15, 0.2) is 18.2 Å². The molecule has 2 heterocycles. The number of benzene rings is 1. The van der Waals surface area contributed by atoms with E-state index in [1.54, 1.807) is 0 Å². The summed E-state index contributed by atoms with van der Waals surface area (Å²) < 4.78 is 5.47. The maximum absolute atomic E-state index is 12.6. The van der Waals surface area contributed by atoms with Crippen LogP contribution >= 0.6 is 11.6 Å². The second-order valence-electron chi connectivity index (χ2n) is 6.75. The molecule has 0 bridgehead atoms. The van der Waals surface area contributed by atoms with Gasteiger partial charge in [-0.3, -0.25) is 19.8 Å². The summed E-state index contributed by atoms with van der Waals surface area (Å²) in [5.74, 6) is 0.955. The van der Waals surface area contributed by atoms with Crippen molar-refractivity contribution in [2.45, 2.75) is 25.8 Å². The predicted octanol–water partition coefficient (Wildman–Crippen LogP) is 2.93. The molecule has 0 radical (unpaired) electrons. The number of hydrogen-bond donors (Lipinski definition) is 1. The van der Waals surface area contributed by atoms with Crippen LogP contribution in [0, 0.1) is 22.0 Å². The summed E-state index contributed by atoms with van der Waals surface area (Å²) in [5, 5.41) is 13.9. The lowest BCUT2D eigenvalue weighted by atomic mass is 9.91. The number of nitro groups is 1. The van der Waals surface area contributed by atoms with Gasteiger partial charge in [-0.1, -0.05) is 11.6 Å². The summed E-state index contributed by atoms with van der Waals surface area (Å²) in [6.45, 7) is 5.27. The van der Waals surface area contributed by atoms with E-state index in [1.165, 1.54) is 18.2 Å². The Balaban J connectivity index is 1.61. The zero-order chi connectivity index (χ0) is 18.0. The van der Waals surface area contributed by atoms with Gasteiger partial charge in [0.05, 0.1) is 21.7 Å². The van der Waals surface area contributed by atoms with Crippen LogP contribution in [0.4, 0.5) is 11.4 Å². The quantitative estimate of drug-likeness (QED) is 0.638. The standard InChI is InChI=1S/C17H22ClN3O4/c1-11(20-6-4-12(9-20)13-5-7-25-10-13)17(22)19-16-8-14(21(23)24)2-3-15(16)18/h2-3,8,11-13H,4-7,9-10H2,1H3,(H,19,22). The molecule has 25 heavy (non-hydrogen) atoms. The highest BCUT2D eigenvalue weighted by atomic mass is 35.5. The number of nitrogens with zero attached hydrogens (tertiary/aromatic N) is 2. The first-order valence-electron chi connectivity index (χ1n) is 8.52. The molecular weight excluding hydrogens is 346 g/mol. The van der Waals surface area contributed by atoms with E-state index in [9.17, 15) is 14.9 Å². The van der Waals surface area contributed by atoms with E-state index in [4.69, 9.17) is 16.3 Å².